The van der Waals surface area contributed by atoms with Gasteiger partial charge in [-0.05, 0) is 154 Å². The number of rotatable bonds is 25. The van der Waals surface area contributed by atoms with Gasteiger partial charge in [0, 0.05) is 154 Å². The molecule has 0 spiro atoms. The van der Waals surface area contributed by atoms with Crippen LogP contribution in [0.25, 0.3) is 45.0 Å². The van der Waals surface area contributed by atoms with E-state index in [4.69, 9.17) is 77.6 Å². The Morgan fingerprint density at radius 2 is 0.784 bits per heavy atom. The number of hydrogen-bond acceptors (Lipinski definition) is 29. The summed E-state index contributed by atoms with van der Waals surface area (Å²) >= 11 is 18.2. The number of methoxy groups -OCH3 is 1. The van der Waals surface area contributed by atoms with Crippen LogP contribution in [0.3, 0.4) is 0 Å². The maximum Gasteiger partial charge on any atom is 0.498 e. The molecule has 2 N–H and O–H groups in total. The van der Waals surface area contributed by atoms with Gasteiger partial charge >= 0.3 is 54.9 Å². The molecule has 1 saturated heterocycles. The van der Waals surface area contributed by atoms with E-state index >= 15 is 0 Å². The zero-order valence-electron chi connectivity index (χ0n) is 76.6. The normalized spacial score (nSPS) is 15.8. The van der Waals surface area contributed by atoms with Crippen molar-refractivity contribution in [2.24, 2.45) is 46.1 Å². The molecule has 12 aromatic heterocycles. The summed E-state index contributed by atoms with van der Waals surface area (Å²) in [5.74, 6) is -4.86. The smallest absolute Gasteiger partial charge is 0.478 e. The third-order valence-electron chi connectivity index (χ3n) is 21.3. The first-order valence-electron chi connectivity index (χ1n) is 42.0. The molecule has 3 aliphatic carbocycles. The summed E-state index contributed by atoms with van der Waals surface area (Å²) in [6, 6.07) is 23.4. The van der Waals surface area contributed by atoms with Crippen molar-refractivity contribution in [3.8, 4) is 45.0 Å². The van der Waals surface area contributed by atoms with Gasteiger partial charge in [-0.25, -0.2) is 43.3 Å². The van der Waals surface area contributed by atoms with E-state index in [1.165, 1.54) is 53.5 Å². The third kappa shape index (κ3) is 25.8. The van der Waals surface area contributed by atoms with Gasteiger partial charge in [0.15, 0.2) is 11.5 Å². The Hall–Kier alpha value is -13.7. The summed E-state index contributed by atoms with van der Waals surface area (Å²) in [7, 11) is 9.20. The zero-order chi connectivity index (χ0) is 97.6. The van der Waals surface area contributed by atoms with Crippen LogP contribution in [0.2, 0.25) is 15.5 Å². The van der Waals surface area contributed by atoms with Gasteiger partial charge in [-0.15, -0.1) is 0 Å². The number of halogens is 4. The molecular weight excluding hydrogens is 1800 g/mol. The monoisotopic (exact) mass is 1890 g/mol. The number of ketones is 1. The number of carboxylic acids is 2. The van der Waals surface area contributed by atoms with Crippen molar-refractivity contribution in [1.82, 2.24) is 83.8 Å². The minimum Gasteiger partial charge on any atom is -0.478 e. The fourth-order valence-corrected chi connectivity index (χ4v) is 15.5. The Morgan fingerprint density at radius 3 is 1.11 bits per heavy atom. The topological polar surface area (TPSA) is 447 Å². The molecule has 0 amide bonds. The van der Waals surface area contributed by atoms with Crippen molar-refractivity contribution in [3.63, 3.8) is 0 Å². The summed E-state index contributed by atoms with van der Waals surface area (Å²) in [4.78, 5) is 138. The van der Waals surface area contributed by atoms with Gasteiger partial charge in [0.25, 0.3) is 0 Å². The Morgan fingerprint density at radius 1 is 0.448 bits per heavy atom. The lowest BCUT2D eigenvalue weighted by Gasteiger charge is -2.65. The third-order valence-corrected chi connectivity index (χ3v) is 22.3. The van der Waals surface area contributed by atoms with E-state index in [0.717, 1.165) is 0 Å². The zero-order valence-corrected chi connectivity index (χ0v) is 78.9. The lowest BCUT2D eigenvalue weighted by atomic mass is 9.41. The van der Waals surface area contributed by atoms with Gasteiger partial charge < -0.3 is 47.9 Å². The highest BCUT2D eigenvalue weighted by Crippen LogP contribution is 2.71. The number of esters is 6. The molecule has 41 heteroatoms. The molecule has 36 nitrogen and oxygen atoms in total. The first-order valence-corrected chi connectivity index (χ1v) is 43.1. The first-order chi connectivity index (χ1) is 63.2. The second-order valence-electron chi connectivity index (χ2n) is 34.8. The number of ether oxygens (including phenoxy) is 6. The van der Waals surface area contributed by atoms with Crippen LogP contribution in [-0.4, -0.2) is 192 Å². The maximum atomic E-state index is 13.7. The molecule has 134 heavy (non-hydrogen) atoms. The number of aromatic carboxylic acids is 2. The van der Waals surface area contributed by atoms with Crippen LogP contribution in [0.15, 0.2) is 159 Å². The first kappa shape index (κ1) is 101. The van der Waals surface area contributed by atoms with Crippen molar-refractivity contribution in [2.75, 3.05) is 20.3 Å². The number of aromatic nitrogens is 17. The van der Waals surface area contributed by atoms with Crippen LogP contribution in [0, 0.1) is 10.8 Å². The fraction of sp³-hybridized carbons (Fsp3) is 0.366. The SMILES string of the molecule is COC(=O)c1c(B2OCC(C)(C)CO2)cnn1C.C[C@@H](OC(=O)Cc1c(-c2ccc(C(=O)CC34CC(F)(C3)C4)cn2)cnn1C)c1cccnc1Cl.C[C@@H](OC(=O)Cc1c(-c2ccc(C(=O)O)cn2)cnn1C)c1cccnc1Cl.C[C@@H](OC(=O)Cc1c(-c2ccc(C(=O)OC(C)(C)C)cn2)cnn1C)c1cccnc1Cl.Cn1ncc(-c2ccc(C(=O)OC(C)(C)C)cn2)c1C(=O)O. The Bertz CT molecular complexity index is 6260. The molecule has 0 unspecified atom stereocenters. The van der Waals surface area contributed by atoms with Crippen LogP contribution in [0.1, 0.15) is 216 Å². The fourth-order valence-electron chi connectivity index (χ4n) is 14.7. The summed E-state index contributed by atoms with van der Waals surface area (Å²) in [5.41, 5.74) is 8.17. The molecule has 0 aromatic carbocycles. The predicted octanol–water partition coefficient (Wildman–Crippen LogP) is 14.4. The molecule has 12 aromatic rings. The Balaban J connectivity index is 0.000000164. The number of alkyl halides is 1. The number of carboxylic acid groups (broad SMARTS) is 2. The van der Waals surface area contributed by atoms with E-state index in [0.29, 0.717) is 156 Å². The molecule has 16 rings (SSSR count). The molecule has 3 saturated carbocycles. The van der Waals surface area contributed by atoms with E-state index in [9.17, 15) is 52.6 Å². The van der Waals surface area contributed by atoms with Gasteiger partial charge in [0.05, 0.1) is 113 Å². The molecule has 702 valence electrons. The van der Waals surface area contributed by atoms with E-state index in [1.807, 2.05) is 0 Å². The van der Waals surface area contributed by atoms with Gasteiger partial charge in [-0.1, -0.05) is 66.8 Å². The second kappa shape index (κ2) is 42.9. The van der Waals surface area contributed by atoms with E-state index in [-0.39, 0.29) is 52.3 Å². The van der Waals surface area contributed by atoms with Gasteiger partial charge in [0.1, 0.15) is 56.3 Å². The number of carbonyl (C=O) groups is 9. The molecule has 13 heterocycles. The quantitative estimate of drug-likeness (QED) is 0.0176. The summed E-state index contributed by atoms with van der Waals surface area (Å²) in [6.07, 6.45) is 18.3. The van der Waals surface area contributed by atoms with Crippen molar-refractivity contribution in [2.45, 2.75) is 156 Å². The molecule has 0 radical (unpaired) electrons. The molecule has 1 aliphatic heterocycles. The van der Waals surface area contributed by atoms with Crippen molar-refractivity contribution >= 4 is 101 Å². The number of hydrogen-bond donors (Lipinski definition) is 2. The largest absolute Gasteiger partial charge is 0.498 e. The highest BCUT2D eigenvalue weighted by Gasteiger charge is 2.69. The van der Waals surface area contributed by atoms with E-state index < -0.39 is 90.1 Å². The highest BCUT2D eigenvalue weighted by molar-refractivity contribution is 6.62. The molecule has 3 atom stereocenters. The Kier molecular flexibility index (Phi) is 32.3. The molecule has 4 aliphatic rings. The summed E-state index contributed by atoms with van der Waals surface area (Å²) in [5, 5.41) is 39.7. The number of aryl methyl sites for hydroxylation is 5. The van der Waals surface area contributed by atoms with Crippen molar-refractivity contribution < 1.29 is 95.5 Å². The lowest BCUT2D eigenvalue weighted by molar-refractivity contribution is -0.210. The van der Waals surface area contributed by atoms with Crippen LogP contribution in [0.4, 0.5) is 4.39 Å². The summed E-state index contributed by atoms with van der Waals surface area (Å²) < 4.78 is 64.5. The molecule has 4 fully saturated rings. The van der Waals surface area contributed by atoms with Crippen molar-refractivity contribution in [1.29, 1.82) is 0 Å². The minimum absolute atomic E-state index is 0.00978. The van der Waals surface area contributed by atoms with Crippen LogP contribution in [-0.2, 0) is 107 Å². The molecular formula is C93H100BCl3FN17O19. The van der Waals surface area contributed by atoms with Gasteiger partial charge in [-0.3, -0.25) is 62.5 Å². The van der Waals surface area contributed by atoms with Crippen LogP contribution in [0.5, 0.6) is 0 Å². The predicted molar refractivity (Wildman–Crippen MR) is 487 cm³/mol. The van der Waals surface area contributed by atoms with Gasteiger partial charge in [-0.2, -0.15) is 25.5 Å². The highest BCUT2D eigenvalue weighted by atomic mass is 35.5. The lowest BCUT2D eigenvalue weighted by Crippen LogP contribution is -2.64. The van der Waals surface area contributed by atoms with Crippen molar-refractivity contribution in [3.05, 3.63) is 242 Å². The molecule has 2 bridgehead atoms. The van der Waals surface area contributed by atoms with Gasteiger partial charge in [0.2, 0.25) is 0 Å². The maximum absolute atomic E-state index is 13.7. The van der Waals surface area contributed by atoms with E-state index in [1.54, 1.807) is 234 Å². The van der Waals surface area contributed by atoms with Crippen LogP contribution >= 0.6 is 34.8 Å². The second-order valence-corrected chi connectivity index (χ2v) is 35.9. The number of nitrogens with zero attached hydrogens (tertiary/aromatic N) is 17. The average Bonchev–Trinajstić information content (AvgIpc) is 0.863. The average molecular weight is 1900 g/mol. The minimum atomic E-state index is -1.09. The van der Waals surface area contributed by atoms with E-state index in [2.05, 4.69) is 74.2 Å². The number of pyridine rings is 7. The number of carbonyl (C=O) groups excluding carboxylic acids is 7. The number of Topliss-reactive ketones (excluding diaryl/α,β-unsaturated/α-hetero) is 1. The standard InChI is InChI=1S/C25H24ClFN4O3.C23H25ClN4O4.C19H17ClN4O4.C15H17N3O4.C11H17BN2O4/c1-15(17-4-3-7-28-23(17)26)34-22(33)8-20-18(11-30-31(20)2)19-6-5-16(10-29-19)21(32)9-24-12-25(27,13-24)14-24;1-14(16-7-6-10-25-21(16)24)31-20(29)11-19-17(13-27-28(19)5)18-9-8-15(12-26-18)22(30)32-23(2,3)4;1-11(13-4-3-7-21-18(13)20)28-17(25)8-16-14(10-23-24(16)2)15-6-5-12(9-22-15)19(26)27;1-15(2,3)22-14(21)9-5-6-11(16-7-9)10-8-17-18(4)12(10)13(19)20;1-11(2)6-17-12(18-7-11)8-5-13-14(3)9(8)10(15)16-4/h3-7,10-11,15H,8-9,12-14H2,1-2H3;6-10,12-14H,11H2,1-5H3;3-7,9-11H,8H2,1-2H3,(H,26,27);5-8H,1-4H3,(H,19,20);5H,6-7H2,1-4H3/t15-,24?,25?;14-;11-;;/m111../s1. The summed E-state index contributed by atoms with van der Waals surface area (Å²) in [6.45, 7) is 21.2. The van der Waals surface area contributed by atoms with Crippen LogP contribution < -0.4 is 5.46 Å². The Labute approximate surface area is 785 Å².